The molecule has 0 fully saturated rings. The summed E-state index contributed by atoms with van der Waals surface area (Å²) in [5.41, 5.74) is 1.45. The minimum atomic E-state index is -0.447. The SMILES string of the molecule is CC(Nc1c(Br)cncc1[N+](=O)[O-])c1ccccc1. The van der Waals surface area contributed by atoms with Crippen LogP contribution in [0, 0.1) is 10.1 Å². The molecule has 6 heteroatoms. The highest BCUT2D eigenvalue weighted by Gasteiger charge is 2.19. The van der Waals surface area contributed by atoms with Crippen LogP contribution in [-0.4, -0.2) is 9.91 Å². The van der Waals surface area contributed by atoms with Gasteiger partial charge in [0.25, 0.3) is 0 Å². The van der Waals surface area contributed by atoms with Crippen LogP contribution < -0.4 is 5.32 Å². The van der Waals surface area contributed by atoms with Gasteiger partial charge in [0.2, 0.25) is 0 Å². The zero-order valence-electron chi connectivity index (χ0n) is 10.2. The van der Waals surface area contributed by atoms with Gasteiger partial charge < -0.3 is 5.32 Å². The molecule has 0 aliphatic heterocycles. The van der Waals surface area contributed by atoms with E-state index in [0.29, 0.717) is 10.2 Å². The Labute approximate surface area is 119 Å². The summed E-state index contributed by atoms with van der Waals surface area (Å²) in [5, 5.41) is 14.1. The van der Waals surface area contributed by atoms with Crippen LogP contribution in [0.2, 0.25) is 0 Å². The molecule has 98 valence electrons. The van der Waals surface area contributed by atoms with Crippen LogP contribution in [-0.2, 0) is 0 Å². The second-order valence-corrected chi connectivity index (χ2v) is 4.90. The zero-order valence-corrected chi connectivity index (χ0v) is 11.8. The summed E-state index contributed by atoms with van der Waals surface area (Å²) in [6, 6.07) is 9.70. The molecule has 0 aliphatic rings. The van der Waals surface area contributed by atoms with Crippen molar-refractivity contribution >= 4 is 27.3 Å². The standard InChI is InChI=1S/C13H12BrN3O2/c1-9(10-5-3-2-4-6-10)16-13-11(14)7-15-8-12(13)17(18)19/h2-9H,1H3,(H,15,16). The molecule has 1 aromatic heterocycles. The third-order valence-corrected chi connectivity index (χ3v) is 3.34. The largest absolute Gasteiger partial charge is 0.372 e. The number of nitro groups is 1. The first-order chi connectivity index (χ1) is 9.09. The predicted molar refractivity (Wildman–Crippen MR) is 77.1 cm³/mol. The predicted octanol–water partition coefficient (Wildman–Crippen LogP) is 3.93. The molecule has 1 N–H and O–H groups in total. The van der Waals surface area contributed by atoms with Crippen molar-refractivity contribution in [2.75, 3.05) is 5.32 Å². The van der Waals surface area contributed by atoms with Crippen molar-refractivity contribution in [2.45, 2.75) is 13.0 Å². The van der Waals surface area contributed by atoms with E-state index >= 15 is 0 Å². The van der Waals surface area contributed by atoms with E-state index < -0.39 is 4.92 Å². The van der Waals surface area contributed by atoms with Gasteiger partial charge in [-0.3, -0.25) is 15.1 Å². The van der Waals surface area contributed by atoms with Crippen LogP contribution >= 0.6 is 15.9 Å². The Morgan fingerprint density at radius 1 is 1.32 bits per heavy atom. The zero-order chi connectivity index (χ0) is 13.8. The van der Waals surface area contributed by atoms with Crippen LogP contribution in [0.3, 0.4) is 0 Å². The van der Waals surface area contributed by atoms with Gasteiger partial charge in [0.1, 0.15) is 11.9 Å². The Kier molecular flexibility index (Phi) is 4.11. The maximum absolute atomic E-state index is 11.0. The van der Waals surface area contributed by atoms with Crippen molar-refractivity contribution in [2.24, 2.45) is 0 Å². The number of pyridine rings is 1. The van der Waals surface area contributed by atoms with Crippen molar-refractivity contribution in [3.8, 4) is 0 Å². The second-order valence-electron chi connectivity index (χ2n) is 4.05. The van der Waals surface area contributed by atoms with Crippen molar-refractivity contribution in [3.63, 3.8) is 0 Å². The van der Waals surface area contributed by atoms with Crippen LogP contribution in [0.1, 0.15) is 18.5 Å². The van der Waals surface area contributed by atoms with Gasteiger partial charge in [0.05, 0.1) is 9.40 Å². The molecule has 0 saturated carbocycles. The van der Waals surface area contributed by atoms with E-state index in [0.717, 1.165) is 5.56 Å². The number of aromatic nitrogens is 1. The van der Waals surface area contributed by atoms with Gasteiger partial charge in [0, 0.05) is 12.2 Å². The minimum Gasteiger partial charge on any atom is -0.372 e. The van der Waals surface area contributed by atoms with E-state index in [-0.39, 0.29) is 11.7 Å². The molecule has 2 rings (SSSR count). The van der Waals surface area contributed by atoms with E-state index in [2.05, 4.69) is 26.2 Å². The average molecular weight is 322 g/mol. The molecular weight excluding hydrogens is 310 g/mol. The molecule has 1 heterocycles. The molecule has 0 aliphatic carbocycles. The summed E-state index contributed by atoms with van der Waals surface area (Å²) >= 11 is 3.29. The highest BCUT2D eigenvalue weighted by Crippen LogP contribution is 2.33. The number of halogens is 1. The highest BCUT2D eigenvalue weighted by molar-refractivity contribution is 9.10. The number of nitrogens with one attached hydrogen (secondary N) is 1. The molecule has 0 radical (unpaired) electrons. The quantitative estimate of drug-likeness (QED) is 0.684. The molecule has 0 saturated heterocycles. The first-order valence-corrected chi connectivity index (χ1v) is 6.48. The van der Waals surface area contributed by atoms with Crippen LogP contribution in [0.25, 0.3) is 0 Å². The number of benzene rings is 1. The first-order valence-electron chi connectivity index (χ1n) is 5.69. The molecule has 0 spiro atoms. The lowest BCUT2D eigenvalue weighted by Gasteiger charge is -2.16. The Morgan fingerprint density at radius 2 is 2.00 bits per heavy atom. The number of hydrogen-bond donors (Lipinski definition) is 1. The van der Waals surface area contributed by atoms with Gasteiger partial charge in [-0.2, -0.15) is 0 Å². The maximum atomic E-state index is 11.0. The van der Waals surface area contributed by atoms with E-state index in [1.165, 1.54) is 12.4 Å². The molecule has 19 heavy (non-hydrogen) atoms. The highest BCUT2D eigenvalue weighted by atomic mass is 79.9. The third-order valence-electron chi connectivity index (χ3n) is 2.74. The summed E-state index contributed by atoms with van der Waals surface area (Å²) in [4.78, 5) is 14.4. The first kappa shape index (κ1) is 13.5. The fourth-order valence-corrected chi connectivity index (χ4v) is 2.18. The number of hydrogen-bond acceptors (Lipinski definition) is 4. The molecule has 1 unspecified atom stereocenters. The Bertz CT molecular complexity index is 590. The summed E-state index contributed by atoms with van der Waals surface area (Å²) < 4.78 is 0.574. The lowest BCUT2D eigenvalue weighted by molar-refractivity contribution is -0.384. The lowest BCUT2D eigenvalue weighted by Crippen LogP contribution is -2.09. The van der Waals surface area contributed by atoms with Crippen LogP contribution in [0.15, 0.2) is 47.2 Å². The van der Waals surface area contributed by atoms with Gasteiger partial charge in [-0.15, -0.1) is 0 Å². The summed E-state index contributed by atoms with van der Waals surface area (Å²) in [6.45, 7) is 1.95. The van der Waals surface area contributed by atoms with Crippen molar-refractivity contribution in [3.05, 3.63) is 62.9 Å². The smallest absolute Gasteiger partial charge is 0.311 e. The molecule has 5 nitrogen and oxygen atoms in total. The second kappa shape index (κ2) is 5.79. The monoisotopic (exact) mass is 321 g/mol. The molecule has 0 amide bonds. The van der Waals surface area contributed by atoms with E-state index in [4.69, 9.17) is 0 Å². The third kappa shape index (κ3) is 3.08. The van der Waals surface area contributed by atoms with Gasteiger partial charge in [-0.05, 0) is 28.4 Å². The Morgan fingerprint density at radius 3 is 2.63 bits per heavy atom. The topological polar surface area (TPSA) is 68.1 Å². The van der Waals surface area contributed by atoms with E-state index in [9.17, 15) is 10.1 Å². The average Bonchev–Trinajstić information content (AvgIpc) is 2.41. The molecular formula is C13H12BrN3O2. The van der Waals surface area contributed by atoms with Crippen molar-refractivity contribution in [1.82, 2.24) is 4.98 Å². The van der Waals surface area contributed by atoms with Gasteiger partial charge >= 0.3 is 5.69 Å². The Hall–Kier alpha value is -1.95. The fourth-order valence-electron chi connectivity index (χ4n) is 1.75. The number of rotatable bonds is 4. The molecule has 1 atom stereocenters. The van der Waals surface area contributed by atoms with E-state index in [1.807, 2.05) is 37.3 Å². The summed E-state index contributed by atoms with van der Waals surface area (Å²) in [7, 11) is 0. The van der Waals surface area contributed by atoms with Gasteiger partial charge in [0.15, 0.2) is 0 Å². The van der Waals surface area contributed by atoms with Crippen molar-refractivity contribution in [1.29, 1.82) is 0 Å². The lowest BCUT2D eigenvalue weighted by atomic mass is 10.1. The van der Waals surface area contributed by atoms with Crippen LogP contribution in [0.5, 0.6) is 0 Å². The minimum absolute atomic E-state index is 0.0430. The van der Waals surface area contributed by atoms with E-state index in [1.54, 1.807) is 0 Å². The Balaban J connectivity index is 2.31. The fraction of sp³-hybridized carbons (Fsp3) is 0.154. The molecule has 1 aromatic carbocycles. The maximum Gasteiger partial charge on any atom is 0.311 e. The molecule has 0 bridgehead atoms. The van der Waals surface area contributed by atoms with Gasteiger partial charge in [-0.1, -0.05) is 30.3 Å². The number of nitrogens with zero attached hydrogens (tertiary/aromatic N) is 2. The van der Waals surface area contributed by atoms with Gasteiger partial charge in [-0.25, -0.2) is 0 Å². The summed E-state index contributed by atoms with van der Waals surface area (Å²) in [6.07, 6.45) is 2.78. The summed E-state index contributed by atoms with van der Waals surface area (Å²) in [5.74, 6) is 0. The van der Waals surface area contributed by atoms with Crippen LogP contribution in [0.4, 0.5) is 11.4 Å². The molecule has 2 aromatic rings. The normalized spacial score (nSPS) is 11.9. The number of anilines is 1. The van der Waals surface area contributed by atoms with Crippen molar-refractivity contribution < 1.29 is 4.92 Å².